The zero-order chi connectivity index (χ0) is 11.4. The number of hydrogen-bond acceptors (Lipinski definition) is 5. The number of carbonyl (C=O) groups excluding carboxylic acids is 1. The summed E-state index contributed by atoms with van der Waals surface area (Å²) in [5.41, 5.74) is 4.88. The van der Waals surface area contributed by atoms with Crippen LogP contribution in [0.1, 0.15) is 6.92 Å². The van der Waals surface area contributed by atoms with E-state index >= 15 is 0 Å². The van der Waals surface area contributed by atoms with Crippen LogP contribution in [0, 0.1) is 3.57 Å². The lowest BCUT2D eigenvalue weighted by Crippen LogP contribution is -2.28. The molecular weight excluding hydrogens is 313 g/mol. The summed E-state index contributed by atoms with van der Waals surface area (Å²) in [5, 5.41) is 0. The first-order valence-electron chi connectivity index (χ1n) is 4.22. The van der Waals surface area contributed by atoms with E-state index in [2.05, 4.69) is 4.98 Å². The number of aromatic nitrogens is 2. The Labute approximate surface area is 99.6 Å². The number of rotatable bonds is 3. The van der Waals surface area contributed by atoms with Gasteiger partial charge in [-0.3, -0.25) is 9.36 Å². The molecule has 0 fully saturated rings. The third-order valence-corrected chi connectivity index (χ3v) is 2.41. The third kappa shape index (κ3) is 3.18. The fourth-order valence-electron chi connectivity index (χ4n) is 0.938. The zero-order valence-electron chi connectivity index (χ0n) is 8.07. The number of nitrogens with zero attached hydrogens (tertiary/aromatic N) is 2. The highest BCUT2D eigenvalue weighted by molar-refractivity contribution is 14.1. The molecular formula is C8H10IN3O3. The van der Waals surface area contributed by atoms with Crippen LogP contribution in [-0.4, -0.2) is 22.1 Å². The van der Waals surface area contributed by atoms with Gasteiger partial charge in [0.05, 0.1) is 10.2 Å². The Morgan fingerprint density at radius 2 is 2.40 bits per heavy atom. The summed E-state index contributed by atoms with van der Waals surface area (Å²) < 4.78 is 6.50. The van der Waals surface area contributed by atoms with Crippen molar-refractivity contribution < 1.29 is 9.53 Å². The molecule has 0 saturated heterocycles. The van der Waals surface area contributed by atoms with E-state index in [0.29, 0.717) is 3.57 Å². The average molecular weight is 323 g/mol. The molecule has 0 saturated carbocycles. The second-order valence-corrected chi connectivity index (χ2v) is 3.85. The Morgan fingerprint density at radius 1 is 1.73 bits per heavy atom. The van der Waals surface area contributed by atoms with Gasteiger partial charge in [-0.25, -0.2) is 4.79 Å². The van der Waals surface area contributed by atoms with Crippen LogP contribution in [0.15, 0.2) is 11.0 Å². The minimum Gasteiger partial charge on any atom is -0.465 e. The maximum absolute atomic E-state index is 11.3. The number of esters is 1. The van der Waals surface area contributed by atoms with Crippen molar-refractivity contribution in [2.45, 2.75) is 13.5 Å². The standard InChI is InChI=1S/C8H10IN3O3/c1-2-15-6(13)4-12-3-5(9)7(10)11-8(12)14/h3H,2,4H2,1H3,(H2,10,11,14). The molecule has 0 aliphatic carbocycles. The molecule has 2 N–H and O–H groups in total. The zero-order valence-corrected chi connectivity index (χ0v) is 10.2. The van der Waals surface area contributed by atoms with Gasteiger partial charge in [0.25, 0.3) is 0 Å². The van der Waals surface area contributed by atoms with Crippen molar-refractivity contribution in [3.05, 3.63) is 20.3 Å². The molecule has 0 aliphatic heterocycles. The van der Waals surface area contributed by atoms with E-state index < -0.39 is 11.7 Å². The van der Waals surface area contributed by atoms with Gasteiger partial charge >= 0.3 is 11.7 Å². The normalized spacial score (nSPS) is 10.0. The van der Waals surface area contributed by atoms with Gasteiger partial charge in [-0.1, -0.05) is 0 Å². The fraction of sp³-hybridized carbons (Fsp3) is 0.375. The van der Waals surface area contributed by atoms with Gasteiger partial charge in [0.15, 0.2) is 0 Å². The molecule has 0 aromatic carbocycles. The second kappa shape index (κ2) is 5.10. The van der Waals surface area contributed by atoms with Crippen molar-refractivity contribution >= 4 is 34.4 Å². The van der Waals surface area contributed by atoms with Gasteiger partial charge in [-0.2, -0.15) is 4.98 Å². The largest absolute Gasteiger partial charge is 0.465 e. The van der Waals surface area contributed by atoms with Gasteiger partial charge < -0.3 is 10.5 Å². The third-order valence-electron chi connectivity index (χ3n) is 1.58. The molecule has 0 aliphatic rings. The van der Waals surface area contributed by atoms with E-state index in [1.807, 2.05) is 22.6 Å². The molecule has 82 valence electrons. The molecule has 1 aromatic heterocycles. The maximum atomic E-state index is 11.3. The number of anilines is 1. The van der Waals surface area contributed by atoms with Crippen LogP contribution in [-0.2, 0) is 16.1 Å². The van der Waals surface area contributed by atoms with E-state index in [1.54, 1.807) is 6.92 Å². The molecule has 0 radical (unpaired) electrons. The lowest BCUT2D eigenvalue weighted by Gasteiger charge is -2.05. The smallest absolute Gasteiger partial charge is 0.350 e. The molecule has 1 rings (SSSR count). The Kier molecular flexibility index (Phi) is 4.06. The summed E-state index contributed by atoms with van der Waals surface area (Å²) >= 11 is 1.94. The molecule has 0 bridgehead atoms. The topological polar surface area (TPSA) is 87.2 Å². The van der Waals surface area contributed by atoms with E-state index in [1.165, 1.54) is 6.20 Å². The first kappa shape index (κ1) is 12.0. The number of nitrogen functional groups attached to an aromatic ring is 1. The second-order valence-electron chi connectivity index (χ2n) is 2.69. The van der Waals surface area contributed by atoms with Crippen molar-refractivity contribution in [1.29, 1.82) is 0 Å². The summed E-state index contributed by atoms with van der Waals surface area (Å²) in [6.45, 7) is 1.84. The van der Waals surface area contributed by atoms with Crippen LogP contribution in [0.2, 0.25) is 0 Å². The monoisotopic (exact) mass is 323 g/mol. The van der Waals surface area contributed by atoms with Crippen LogP contribution in [0.5, 0.6) is 0 Å². The van der Waals surface area contributed by atoms with Crippen LogP contribution in [0.4, 0.5) is 5.82 Å². The molecule has 6 nitrogen and oxygen atoms in total. The fourth-order valence-corrected chi connectivity index (χ4v) is 1.39. The van der Waals surface area contributed by atoms with Crippen LogP contribution in [0.25, 0.3) is 0 Å². The minimum absolute atomic E-state index is 0.143. The van der Waals surface area contributed by atoms with E-state index in [0.717, 1.165) is 4.57 Å². The first-order valence-corrected chi connectivity index (χ1v) is 5.30. The Morgan fingerprint density at radius 3 is 3.00 bits per heavy atom. The van der Waals surface area contributed by atoms with Crippen molar-refractivity contribution in [1.82, 2.24) is 9.55 Å². The molecule has 0 spiro atoms. The SMILES string of the molecule is CCOC(=O)Cn1cc(I)c(N)nc1=O. The quantitative estimate of drug-likeness (QED) is 0.625. The number of nitrogens with two attached hydrogens (primary N) is 1. The summed E-state index contributed by atoms with van der Waals surface area (Å²) in [6, 6.07) is 0. The van der Waals surface area contributed by atoms with Gasteiger partial charge in [0, 0.05) is 6.20 Å². The molecule has 0 atom stereocenters. The molecule has 1 aromatic rings. The Balaban J connectivity index is 2.91. The van der Waals surface area contributed by atoms with Crippen molar-refractivity contribution in [3.8, 4) is 0 Å². The van der Waals surface area contributed by atoms with Gasteiger partial charge in [0.2, 0.25) is 0 Å². The van der Waals surface area contributed by atoms with Crippen LogP contribution in [0.3, 0.4) is 0 Å². The van der Waals surface area contributed by atoms with E-state index in [-0.39, 0.29) is 19.0 Å². The summed E-state index contributed by atoms with van der Waals surface area (Å²) in [4.78, 5) is 26.0. The molecule has 15 heavy (non-hydrogen) atoms. The van der Waals surface area contributed by atoms with E-state index in [9.17, 15) is 9.59 Å². The number of halogens is 1. The van der Waals surface area contributed by atoms with Gasteiger partial charge in [0.1, 0.15) is 12.4 Å². The Bertz CT molecular complexity index is 430. The lowest BCUT2D eigenvalue weighted by molar-refractivity contribution is -0.143. The highest BCUT2D eigenvalue weighted by Crippen LogP contribution is 2.07. The van der Waals surface area contributed by atoms with Crippen molar-refractivity contribution in [3.63, 3.8) is 0 Å². The average Bonchev–Trinajstić information content (AvgIpc) is 2.14. The minimum atomic E-state index is -0.555. The van der Waals surface area contributed by atoms with E-state index in [4.69, 9.17) is 10.5 Å². The lowest BCUT2D eigenvalue weighted by atomic mass is 10.5. The molecule has 0 amide bonds. The number of carbonyl (C=O) groups is 1. The highest BCUT2D eigenvalue weighted by Gasteiger charge is 2.08. The summed E-state index contributed by atoms with van der Waals surface area (Å²) in [6.07, 6.45) is 1.47. The number of ether oxygens (including phenoxy) is 1. The molecule has 0 unspecified atom stereocenters. The van der Waals surface area contributed by atoms with Gasteiger partial charge in [-0.05, 0) is 29.5 Å². The van der Waals surface area contributed by atoms with Gasteiger partial charge in [-0.15, -0.1) is 0 Å². The van der Waals surface area contributed by atoms with Crippen LogP contribution < -0.4 is 11.4 Å². The summed E-state index contributed by atoms with van der Waals surface area (Å²) in [5.74, 6) is -0.303. The van der Waals surface area contributed by atoms with Crippen molar-refractivity contribution in [2.24, 2.45) is 0 Å². The maximum Gasteiger partial charge on any atom is 0.350 e. The predicted molar refractivity (Wildman–Crippen MR) is 62.3 cm³/mol. The summed E-state index contributed by atoms with van der Waals surface area (Å²) in [7, 11) is 0. The number of hydrogen-bond donors (Lipinski definition) is 1. The first-order chi connectivity index (χ1) is 7.04. The molecule has 1 heterocycles. The van der Waals surface area contributed by atoms with Crippen molar-refractivity contribution in [2.75, 3.05) is 12.3 Å². The molecule has 7 heteroatoms. The van der Waals surface area contributed by atoms with Crippen LogP contribution >= 0.6 is 22.6 Å². The predicted octanol–water partition coefficient (Wildman–Crippen LogP) is -0.00680. The highest BCUT2D eigenvalue weighted by atomic mass is 127. The Hall–Kier alpha value is -1.12.